The lowest BCUT2D eigenvalue weighted by Gasteiger charge is -2.56. The van der Waals surface area contributed by atoms with E-state index in [1.54, 1.807) is 12.7 Å². The quantitative estimate of drug-likeness (QED) is 0.366. The predicted octanol–water partition coefficient (Wildman–Crippen LogP) is 8.15. The average molecular weight is 528 g/mol. The molecule has 3 unspecified atom stereocenters. The first-order chi connectivity index (χ1) is 15.7. The van der Waals surface area contributed by atoms with Gasteiger partial charge in [-0.05, 0) is 116 Å². The number of hydrogen-bond acceptors (Lipinski definition) is 2. The van der Waals surface area contributed by atoms with Gasteiger partial charge in [-0.2, -0.15) is 0 Å². The summed E-state index contributed by atoms with van der Waals surface area (Å²) < 4.78 is 14.1. The predicted molar refractivity (Wildman–Crippen MR) is 143 cm³/mol. The molecule has 3 aliphatic carbocycles. The van der Waals surface area contributed by atoms with E-state index in [4.69, 9.17) is 9.16 Å². The normalized spacial score (nSPS) is 33.2. The molecule has 0 heterocycles. The number of ether oxygens (including phenoxy) is 1. The van der Waals surface area contributed by atoms with Crippen molar-refractivity contribution in [3.05, 3.63) is 63.6 Å². The molecule has 2 aromatic rings. The molecule has 0 N–H and O–H groups in total. The molecule has 0 radical (unpaired) electrons. The van der Waals surface area contributed by atoms with Gasteiger partial charge in [0, 0.05) is 10.9 Å². The van der Waals surface area contributed by atoms with Crippen molar-refractivity contribution in [2.75, 3.05) is 7.11 Å². The Balaban J connectivity index is 1.51. The van der Waals surface area contributed by atoms with Gasteiger partial charge in [-0.1, -0.05) is 47.1 Å². The lowest BCUT2D eigenvalue weighted by molar-refractivity contribution is -0.0896. The van der Waals surface area contributed by atoms with Gasteiger partial charge < -0.3 is 9.16 Å². The minimum Gasteiger partial charge on any atom is -0.497 e. The van der Waals surface area contributed by atoms with E-state index < -0.39 is 8.32 Å². The molecule has 178 valence electrons. The van der Waals surface area contributed by atoms with Gasteiger partial charge in [-0.3, -0.25) is 0 Å². The van der Waals surface area contributed by atoms with Crippen LogP contribution < -0.4 is 4.74 Å². The molecular formula is C29H39BrO2Si. The summed E-state index contributed by atoms with van der Waals surface area (Å²) in [7, 11) is 0.0488. The molecule has 0 spiro atoms. The van der Waals surface area contributed by atoms with E-state index in [-0.39, 0.29) is 11.0 Å². The Labute approximate surface area is 209 Å². The third-order valence-electron chi connectivity index (χ3n) is 9.16. The summed E-state index contributed by atoms with van der Waals surface area (Å²) in [5, 5.41) is 0. The van der Waals surface area contributed by atoms with Crippen molar-refractivity contribution in [1.82, 2.24) is 0 Å². The van der Waals surface area contributed by atoms with Gasteiger partial charge in [0.25, 0.3) is 0 Å². The van der Waals surface area contributed by atoms with E-state index in [1.165, 1.54) is 54.1 Å². The zero-order valence-electron chi connectivity index (χ0n) is 20.9. The van der Waals surface area contributed by atoms with Crippen molar-refractivity contribution in [2.45, 2.75) is 83.0 Å². The highest BCUT2D eigenvalue weighted by Gasteiger charge is 2.63. The maximum atomic E-state index is 7.30. The Kier molecular flexibility index (Phi) is 6.11. The van der Waals surface area contributed by atoms with Crippen LogP contribution in [0.1, 0.15) is 61.6 Å². The minimum atomic E-state index is -1.73. The summed E-state index contributed by atoms with van der Waals surface area (Å²) >= 11 is 3.84. The highest BCUT2D eigenvalue weighted by Crippen LogP contribution is 2.66. The van der Waals surface area contributed by atoms with Crippen molar-refractivity contribution in [3.8, 4) is 5.75 Å². The van der Waals surface area contributed by atoms with Gasteiger partial charge in [0.05, 0.1) is 12.7 Å². The lowest BCUT2D eigenvalue weighted by Crippen LogP contribution is -2.56. The maximum Gasteiger partial charge on any atom is 0.184 e. The largest absolute Gasteiger partial charge is 0.497 e. The van der Waals surface area contributed by atoms with Crippen LogP contribution in [-0.4, -0.2) is 21.0 Å². The fraction of sp³-hybridized carbons (Fsp3) is 0.586. The third kappa shape index (κ3) is 4.04. The molecule has 2 aromatic carbocycles. The molecule has 4 heteroatoms. The van der Waals surface area contributed by atoms with E-state index in [0.717, 1.165) is 24.0 Å². The molecule has 2 nitrogen and oxygen atoms in total. The molecule has 0 amide bonds. The number of benzene rings is 2. The fourth-order valence-corrected chi connectivity index (χ4v) is 9.81. The van der Waals surface area contributed by atoms with E-state index >= 15 is 0 Å². The van der Waals surface area contributed by atoms with Crippen molar-refractivity contribution < 1.29 is 9.16 Å². The van der Waals surface area contributed by atoms with Crippen molar-refractivity contribution in [1.29, 1.82) is 0 Å². The van der Waals surface area contributed by atoms with Crippen LogP contribution in [0, 0.1) is 17.3 Å². The number of aryl methyl sites for hydroxylation is 1. The molecular weight excluding hydrogens is 488 g/mol. The van der Waals surface area contributed by atoms with Gasteiger partial charge in [0.1, 0.15) is 5.75 Å². The van der Waals surface area contributed by atoms with Crippen molar-refractivity contribution >= 4 is 24.2 Å². The number of fused-ring (bicyclic) bond motifs is 5. The first-order valence-corrected chi connectivity index (χ1v) is 17.0. The molecule has 2 saturated carbocycles. The maximum absolute atomic E-state index is 7.30. The molecule has 0 aliphatic heterocycles. The second-order valence-corrected chi connectivity index (χ2v) is 17.2. The summed E-state index contributed by atoms with van der Waals surface area (Å²) in [6.07, 6.45) is 8.56. The molecule has 5 rings (SSSR count). The van der Waals surface area contributed by atoms with Gasteiger partial charge in [0.15, 0.2) is 8.32 Å². The molecule has 33 heavy (non-hydrogen) atoms. The Morgan fingerprint density at radius 1 is 1.03 bits per heavy atom. The summed E-state index contributed by atoms with van der Waals surface area (Å²) in [5.74, 6) is 3.22. The lowest BCUT2D eigenvalue weighted by atomic mass is 9.53. The zero-order chi connectivity index (χ0) is 23.4. The monoisotopic (exact) mass is 526 g/mol. The minimum absolute atomic E-state index is 0.0584. The van der Waals surface area contributed by atoms with Crippen LogP contribution in [0.2, 0.25) is 19.6 Å². The van der Waals surface area contributed by atoms with E-state index in [1.807, 2.05) is 0 Å². The highest BCUT2D eigenvalue weighted by atomic mass is 79.9. The van der Waals surface area contributed by atoms with Crippen LogP contribution >= 0.6 is 15.9 Å². The van der Waals surface area contributed by atoms with Crippen LogP contribution in [0.4, 0.5) is 0 Å². The fourth-order valence-electron chi connectivity index (χ4n) is 7.81. The second-order valence-electron chi connectivity index (χ2n) is 12.0. The van der Waals surface area contributed by atoms with Crippen LogP contribution in [0.25, 0.3) is 0 Å². The highest BCUT2D eigenvalue weighted by molar-refractivity contribution is 9.10. The summed E-state index contributed by atoms with van der Waals surface area (Å²) in [5.41, 5.74) is 4.70. The molecule has 5 atom stereocenters. The molecule has 3 aliphatic rings. The topological polar surface area (TPSA) is 18.5 Å². The van der Waals surface area contributed by atoms with Gasteiger partial charge in [-0.25, -0.2) is 0 Å². The van der Waals surface area contributed by atoms with Crippen LogP contribution in [0.5, 0.6) is 5.75 Å². The second kappa shape index (κ2) is 8.53. The summed E-state index contributed by atoms with van der Waals surface area (Å²) in [6.45, 7) is 9.73. The van der Waals surface area contributed by atoms with Crippen LogP contribution in [0.15, 0.2) is 46.9 Å². The van der Waals surface area contributed by atoms with E-state index in [9.17, 15) is 0 Å². The van der Waals surface area contributed by atoms with Gasteiger partial charge in [-0.15, -0.1) is 0 Å². The van der Waals surface area contributed by atoms with Gasteiger partial charge in [0.2, 0.25) is 0 Å². The standard InChI is InChI=1S/C29H39BrO2Si/c1-28-16-14-24-23-13-11-22(31-2)18-20(23)10-12-25(24)26(28)15-17-29(28,32-33(3,4)5)19-21-8-6-7-9-27(21)30/h6-9,11,13,18,24-26H,10,12,14-17,19H2,1-5H3/t24?,25?,26?,28-,29+/m1/s1. The number of hydrogen-bond donors (Lipinski definition) is 0. The molecule has 0 aromatic heterocycles. The molecule has 2 fully saturated rings. The number of halogens is 1. The Bertz CT molecular complexity index is 1030. The summed E-state index contributed by atoms with van der Waals surface area (Å²) in [4.78, 5) is 0. The smallest absolute Gasteiger partial charge is 0.184 e. The van der Waals surface area contributed by atoms with E-state index in [0.29, 0.717) is 5.92 Å². The SMILES string of the molecule is COc1ccc2c(c1)CCC1C2CC[C@]2(C)C1CC[C@@]2(Cc1ccccc1Br)O[Si](C)(C)C. The third-order valence-corrected chi connectivity index (χ3v) is 10.9. The van der Waals surface area contributed by atoms with Crippen molar-refractivity contribution in [2.24, 2.45) is 17.3 Å². The Morgan fingerprint density at radius 3 is 2.55 bits per heavy atom. The molecule has 0 bridgehead atoms. The average Bonchev–Trinajstić information content (AvgIpc) is 3.05. The van der Waals surface area contributed by atoms with Gasteiger partial charge >= 0.3 is 0 Å². The van der Waals surface area contributed by atoms with Crippen LogP contribution in [0.3, 0.4) is 0 Å². The van der Waals surface area contributed by atoms with Crippen molar-refractivity contribution in [3.63, 3.8) is 0 Å². The number of rotatable bonds is 5. The number of methoxy groups -OCH3 is 1. The first-order valence-electron chi connectivity index (χ1n) is 12.8. The Morgan fingerprint density at radius 2 is 1.82 bits per heavy atom. The molecule has 0 saturated heterocycles. The Hall–Kier alpha value is -1.10. The van der Waals surface area contributed by atoms with E-state index in [2.05, 4.69) is 85.0 Å². The zero-order valence-corrected chi connectivity index (χ0v) is 23.5. The van der Waals surface area contributed by atoms with Crippen LogP contribution in [-0.2, 0) is 17.3 Å². The summed E-state index contributed by atoms with van der Waals surface area (Å²) in [6, 6.07) is 15.6. The first kappa shape index (κ1) is 23.6.